The van der Waals surface area contributed by atoms with E-state index in [0.717, 1.165) is 34.3 Å². The maximum Gasteiger partial charge on any atom is 0.232 e. The van der Waals surface area contributed by atoms with Gasteiger partial charge in [-0.2, -0.15) is 0 Å². The molecular formula is C27H37N3O. The fourth-order valence-electron chi connectivity index (χ4n) is 5.43. The van der Waals surface area contributed by atoms with E-state index in [2.05, 4.69) is 61.5 Å². The molecule has 2 bridgehead atoms. The third kappa shape index (κ3) is 3.98. The molecule has 0 unspecified atom stereocenters. The SMILES string of the molecule is C=C(C)/C=C/c1[nH]c2ccc(C(C)(C)C(=O)N3CC4CCC3CC4)cc2c1[C@H](C)CN. The van der Waals surface area contributed by atoms with E-state index in [1.165, 1.54) is 31.2 Å². The molecule has 1 amide bonds. The van der Waals surface area contributed by atoms with Crippen molar-refractivity contribution >= 4 is 22.9 Å². The molecule has 3 heterocycles. The Bertz CT molecular complexity index is 1020. The summed E-state index contributed by atoms with van der Waals surface area (Å²) in [7, 11) is 0. The zero-order valence-electron chi connectivity index (χ0n) is 19.5. The number of hydrogen-bond donors (Lipinski definition) is 2. The first-order chi connectivity index (χ1) is 14.7. The molecule has 2 saturated heterocycles. The molecule has 0 radical (unpaired) electrons. The second-order valence-corrected chi connectivity index (χ2v) is 10.3. The number of nitrogens with two attached hydrogens (primary N) is 1. The van der Waals surface area contributed by atoms with Gasteiger partial charge >= 0.3 is 0 Å². The van der Waals surface area contributed by atoms with Crippen LogP contribution in [0.4, 0.5) is 0 Å². The quantitative estimate of drug-likeness (QED) is 0.608. The molecule has 1 aliphatic carbocycles. The van der Waals surface area contributed by atoms with Crippen LogP contribution in [0.15, 0.2) is 36.4 Å². The Balaban J connectivity index is 1.73. The van der Waals surface area contributed by atoms with Crippen LogP contribution in [0.3, 0.4) is 0 Å². The maximum atomic E-state index is 13.7. The predicted octanol–water partition coefficient (Wildman–Crippen LogP) is 5.50. The smallest absolute Gasteiger partial charge is 0.232 e. The minimum absolute atomic E-state index is 0.213. The maximum absolute atomic E-state index is 13.7. The number of amides is 1. The van der Waals surface area contributed by atoms with Crippen LogP contribution in [-0.4, -0.2) is 34.9 Å². The largest absolute Gasteiger partial charge is 0.355 e. The fourth-order valence-corrected chi connectivity index (χ4v) is 5.43. The lowest BCUT2D eigenvalue weighted by molar-refractivity contribution is -0.144. The van der Waals surface area contributed by atoms with Gasteiger partial charge in [-0.1, -0.05) is 31.2 Å². The Hall–Kier alpha value is -2.33. The van der Waals surface area contributed by atoms with Crippen molar-refractivity contribution in [3.8, 4) is 0 Å². The molecule has 1 atom stereocenters. The molecule has 1 aromatic carbocycles. The molecule has 3 N–H and O–H groups in total. The fraction of sp³-hybridized carbons (Fsp3) is 0.519. The minimum Gasteiger partial charge on any atom is -0.355 e. The summed E-state index contributed by atoms with van der Waals surface area (Å²) >= 11 is 0. The molecular weight excluding hydrogens is 382 g/mol. The van der Waals surface area contributed by atoms with E-state index in [-0.39, 0.29) is 11.8 Å². The number of H-pyrrole nitrogens is 1. The van der Waals surface area contributed by atoms with Gasteiger partial charge in [-0.15, -0.1) is 0 Å². The number of nitrogens with zero attached hydrogens (tertiary/aromatic N) is 1. The van der Waals surface area contributed by atoms with Crippen molar-refractivity contribution in [2.45, 2.75) is 70.8 Å². The van der Waals surface area contributed by atoms with Crippen LogP contribution in [0.1, 0.15) is 76.1 Å². The second-order valence-electron chi connectivity index (χ2n) is 10.3. The third-order valence-corrected chi connectivity index (χ3v) is 7.48. The zero-order chi connectivity index (χ0) is 22.3. The van der Waals surface area contributed by atoms with Crippen molar-refractivity contribution < 1.29 is 4.79 Å². The molecule has 1 aromatic heterocycles. The summed E-state index contributed by atoms with van der Waals surface area (Å²) in [6.45, 7) is 13.8. The average Bonchev–Trinajstić information content (AvgIpc) is 3.15. The summed E-state index contributed by atoms with van der Waals surface area (Å²) in [5.41, 5.74) is 11.0. The van der Waals surface area contributed by atoms with Gasteiger partial charge in [0.2, 0.25) is 5.91 Å². The molecule has 4 heteroatoms. The Morgan fingerprint density at radius 2 is 2.03 bits per heavy atom. The summed E-state index contributed by atoms with van der Waals surface area (Å²) < 4.78 is 0. The van der Waals surface area contributed by atoms with Gasteiger partial charge in [-0.05, 0) is 94.2 Å². The van der Waals surface area contributed by atoms with Gasteiger partial charge in [0.15, 0.2) is 0 Å². The Morgan fingerprint density at radius 3 is 2.61 bits per heavy atom. The summed E-state index contributed by atoms with van der Waals surface area (Å²) in [4.78, 5) is 19.4. The average molecular weight is 420 g/mol. The number of carbonyl (C=O) groups excluding carboxylic acids is 1. The first-order valence-corrected chi connectivity index (χ1v) is 11.7. The Morgan fingerprint density at radius 1 is 1.32 bits per heavy atom. The number of allylic oxidation sites excluding steroid dienone is 2. The van der Waals surface area contributed by atoms with Gasteiger partial charge < -0.3 is 15.6 Å². The van der Waals surface area contributed by atoms with Crippen LogP contribution in [-0.2, 0) is 10.2 Å². The number of hydrogen-bond acceptors (Lipinski definition) is 2. The van der Waals surface area contributed by atoms with E-state index < -0.39 is 5.41 Å². The zero-order valence-corrected chi connectivity index (χ0v) is 19.5. The molecule has 2 aliphatic heterocycles. The van der Waals surface area contributed by atoms with Crippen LogP contribution >= 0.6 is 0 Å². The molecule has 0 spiro atoms. The topological polar surface area (TPSA) is 62.1 Å². The summed E-state index contributed by atoms with van der Waals surface area (Å²) in [6.07, 6.45) is 9.01. The van der Waals surface area contributed by atoms with Crippen molar-refractivity contribution in [3.63, 3.8) is 0 Å². The predicted molar refractivity (Wildman–Crippen MR) is 130 cm³/mol. The normalized spacial score (nSPS) is 22.4. The molecule has 31 heavy (non-hydrogen) atoms. The van der Waals surface area contributed by atoms with E-state index in [1.807, 2.05) is 13.0 Å². The highest BCUT2D eigenvalue weighted by Crippen LogP contribution is 2.39. The highest BCUT2D eigenvalue weighted by Gasteiger charge is 2.42. The van der Waals surface area contributed by atoms with Crippen LogP contribution in [0.2, 0.25) is 0 Å². The first kappa shape index (κ1) is 21.9. The lowest BCUT2D eigenvalue weighted by atomic mass is 9.76. The van der Waals surface area contributed by atoms with Gasteiger partial charge in [-0.3, -0.25) is 4.79 Å². The van der Waals surface area contributed by atoms with Crippen LogP contribution in [0.5, 0.6) is 0 Å². The highest BCUT2D eigenvalue weighted by atomic mass is 16.2. The first-order valence-electron chi connectivity index (χ1n) is 11.7. The number of carbonyl (C=O) groups is 1. The van der Waals surface area contributed by atoms with Gasteiger partial charge in [0, 0.05) is 29.2 Å². The van der Waals surface area contributed by atoms with E-state index in [1.54, 1.807) is 0 Å². The van der Waals surface area contributed by atoms with E-state index in [9.17, 15) is 4.79 Å². The van der Waals surface area contributed by atoms with Gasteiger partial charge in [0.25, 0.3) is 0 Å². The highest BCUT2D eigenvalue weighted by molar-refractivity contribution is 5.92. The van der Waals surface area contributed by atoms with Gasteiger partial charge in [0.05, 0.1) is 5.41 Å². The van der Waals surface area contributed by atoms with E-state index in [0.29, 0.717) is 18.5 Å². The molecule has 3 aliphatic rings. The number of nitrogens with one attached hydrogen (secondary N) is 1. The van der Waals surface area contributed by atoms with Crippen molar-refractivity contribution in [3.05, 3.63) is 53.2 Å². The van der Waals surface area contributed by atoms with Crippen LogP contribution in [0.25, 0.3) is 17.0 Å². The summed E-state index contributed by atoms with van der Waals surface area (Å²) in [6, 6.07) is 6.88. The molecule has 5 rings (SSSR count). The van der Waals surface area contributed by atoms with Gasteiger partial charge in [0.1, 0.15) is 0 Å². The molecule has 166 valence electrons. The number of aromatic amines is 1. The molecule has 1 saturated carbocycles. The third-order valence-electron chi connectivity index (χ3n) is 7.48. The van der Waals surface area contributed by atoms with Crippen molar-refractivity contribution in [1.82, 2.24) is 9.88 Å². The van der Waals surface area contributed by atoms with Crippen LogP contribution in [0, 0.1) is 5.92 Å². The number of benzene rings is 1. The monoisotopic (exact) mass is 419 g/mol. The standard InChI is InChI=1S/C27H37N3O/c1-17(2)6-12-24-25(18(3)15-28)22-14-20(9-13-23(22)29-24)27(4,5)26(31)30-16-19-7-10-21(30)11-8-19/h6,9,12-14,18-19,21,29H,1,7-8,10-11,15-16,28H2,2-5H3/b12-6+/t18-,19?,21?/m1/s1. The minimum atomic E-state index is -0.556. The number of fused-ring (bicyclic) bond motifs is 4. The molecule has 3 fully saturated rings. The molecule has 2 aromatic rings. The van der Waals surface area contributed by atoms with Crippen molar-refractivity contribution in [1.29, 1.82) is 0 Å². The second kappa shape index (κ2) is 8.31. The Kier molecular flexibility index (Phi) is 5.87. The van der Waals surface area contributed by atoms with Gasteiger partial charge in [-0.25, -0.2) is 0 Å². The number of piperidine rings is 2. The lowest BCUT2D eigenvalue weighted by Gasteiger charge is -2.47. The van der Waals surface area contributed by atoms with Crippen molar-refractivity contribution in [2.24, 2.45) is 11.7 Å². The number of aromatic nitrogens is 1. The van der Waals surface area contributed by atoms with Crippen LogP contribution < -0.4 is 5.73 Å². The number of rotatable bonds is 6. The van der Waals surface area contributed by atoms with E-state index >= 15 is 0 Å². The Labute approximate surface area is 186 Å². The lowest BCUT2D eigenvalue weighted by Crippen LogP contribution is -2.55. The summed E-state index contributed by atoms with van der Waals surface area (Å²) in [5.74, 6) is 1.18. The molecule has 4 nitrogen and oxygen atoms in total. The van der Waals surface area contributed by atoms with E-state index in [4.69, 9.17) is 5.73 Å². The van der Waals surface area contributed by atoms with Crippen molar-refractivity contribution in [2.75, 3.05) is 13.1 Å². The summed E-state index contributed by atoms with van der Waals surface area (Å²) in [5, 5.41) is 1.16.